The van der Waals surface area contributed by atoms with Gasteiger partial charge in [0.2, 0.25) is 0 Å². The summed E-state index contributed by atoms with van der Waals surface area (Å²) in [6, 6.07) is 0.738. The van der Waals surface area contributed by atoms with Crippen LogP contribution in [0.25, 0.3) is 0 Å². The van der Waals surface area contributed by atoms with Gasteiger partial charge >= 0.3 is 0 Å². The van der Waals surface area contributed by atoms with Crippen molar-refractivity contribution in [2.75, 3.05) is 32.8 Å². The Hall–Kier alpha value is -0.120. The van der Waals surface area contributed by atoms with Crippen molar-refractivity contribution < 1.29 is 5.11 Å². The Morgan fingerprint density at radius 3 is 2.93 bits per heavy atom. The number of hydrogen-bond acceptors (Lipinski definition) is 3. The fourth-order valence-corrected chi connectivity index (χ4v) is 2.24. The van der Waals surface area contributed by atoms with E-state index in [1.165, 1.54) is 25.8 Å². The number of aliphatic hydroxyl groups is 1. The van der Waals surface area contributed by atoms with E-state index in [-0.39, 0.29) is 0 Å². The third-order valence-corrected chi connectivity index (χ3v) is 3.07. The summed E-state index contributed by atoms with van der Waals surface area (Å²) in [5, 5.41) is 12.3. The maximum Gasteiger partial charge on any atom is 0.0443 e. The summed E-state index contributed by atoms with van der Waals surface area (Å²) in [6.45, 7) is 7.04. The maximum atomic E-state index is 8.83. The second-order valence-corrected chi connectivity index (χ2v) is 4.04. The molecule has 0 amide bonds. The fraction of sp³-hybridized carbons (Fsp3) is 1.00. The van der Waals surface area contributed by atoms with Crippen LogP contribution in [0.2, 0.25) is 0 Å². The lowest BCUT2D eigenvalue weighted by atomic mass is 10.1. The van der Waals surface area contributed by atoms with E-state index in [0.29, 0.717) is 6.61 Å². The highest BCUT2D eigenvalue weighted by Gasteiger charge is 2.17. The van der Waals surface area contributed by atoms with E-state index in [1.807, 2.05) is 0 Å². The van der Waals surface area contributed by atoms with Gasteiger partial charge in [0.1, 0.15) is 0 Å². The van der Waals surface area contributed by atoms with Crippen LogP contribution in [0, 0.1) is 0 Å². The monoisotopic (exact) mass is 200 g/mol. The van der Waals surface area contributed by atoms with E-state index in [2.05, 4.69) is 17.1 Å². The molecule has 1 atom stereocenters. The Bertz CT molecular complexity index is 133. The van der Waals surface area contributed by atoms with Crippen LogP contribution in [0.3, 0.4) is 0 Å². The third kappa shape index (κ3) is 3.95. The zero-order valence-electron chi connectivity index (χ0n) is 9.34. The highest BCUT2D eigenvalue weighted by Crippen LogP contribution is 2.13. The second kappa shape index (κ2) is 7.21. The molecule has 0 radical (unpaired) electrons. The smallest absolute Gasteiger partial charge is 0.0443 e. The molecule has 1 heterocycles. The molecule has 1 unspecified atom stereocenters. The topological polar surface area (TPSA) is 35.5 Å². The second-order valence-electron chi connectivity index (χ2n) is 4.04. The van der Waals surface area contributed by atoms with Gasteiger partial charge in [0.05, 0.1) is 0 Å². The lowest BCUT2D eigenvalue weighted by Crippen LogP contribution is -2.36. The number of aliphatic hydroxyl groups excluding tert-OH is 1. The molecule has 1 fully saturated rings. The molecule has 14 heavy (non-hydrogen) atoms. The van der Waals surface area contributed by atoms with Gasteiger partial charge in [0.25, 0.3) is 0 Å². The lowest BCUT2D eigenvalue weighted by molar-refractivity contribution is 0.170. The van der Waals surface area contributed by atoms with Crippen molar-refractivity contribution in [1.29, 1.82) is 0 Å². The van der Waals surface area contributed by atoms with E-state index < -0.39 is 0 Å². The van der Waals surface area contributed by atoms with E-state index in [1.54, 1.807) is 0 Å². The Morgan fingerprint density at radius 2 is 2.21 bits per heavy atom. The van der Waals surface area contributed by atoms with Gasteiger partial charge in [-0.05, 0) is 45.3 Å². The number of nitrogens with one attached hydrogen (secondary N) is 1. The average molecular weight is 200 g/mol. The standard InChI is InChI=1S/C11H24N2O/c1-2-13(9-4-10-14)11-5-3-7-12-8-6-11/h11-12,14H,2-10H2,1H3. The van der Waals surface area contributed by atoms with E-state index in [4.69, 9.17) is 5.11 Å². The first-order valence-electron chi connectivity index (χ1n) is 5.94. The van der Waals surface area contributed by atoms with Crippen LogP contribution in [-0.2, 0) is 0 Å². The minimum atomic E-state index is 0.321. The minimum absolute atomic E-state index is 0.321. The molecule has 0 aromatic carbocycles. The van der Waals surface area contributed by atoms with Crippen molar-refractivity contribution >= 4 is 0 Å². The first-order valence-corrected chi connectivity index (χ1v) is 5.94. The number of hydrogen-bond donors (Lipinski definition) is 2. The summed E-state index contributed by atoms with van der Waals surface area (Å²) in [6.07, 6.45) is 4.78. The highest BCUT2D eigenvalue weighted by atomic mass is 16.3. The van der Waals surface area contributed by atoms with Crippen molar-refractivity contribution in [3.63, 3.8) is 0 Å². The normalized spacial score (nSPS) is 23.8. The molecule has 1 aliphatic rings. The van der Waals surface area contributed by atoms with E-state index in [0.717, 1.165) is 32.1 Å². The summed E-state index contributed by atoms with van der Waals surface area (Å²) >= 11 is 0. The van der Waals surface area contributed by atoms with Crippen LogP contribution in [0.5, 0.6) is 0 Å². The van der Waals surface area contributed by atoms with Crippen molar-refractivity contribution in [2.24, 2.45) is 0 Å². The summed E-state index contributed by atoms with van der Waals surface area (Å²) in [5.41, 5.74) is 0. The number of rotatable bonds is 5. The van der Waals surface area contributed by atoms with Gasteiger partial charge in [0, 0.05) is 19.2 Å². The minimum Gasteiger partial charge on any atom is -0.396 e. The van der Waals surface area contributed by atoms with Gasteiger partial charge in [-0.15, -0.1) is 0 Å². The van der Waals surface area contributed by atoms with Crippen molar-refractivity contribution in [3.8, 4) is 0 Å². The van der Waals surface area contributed by atoms with Gasteiger partial charge in [-0.2, -0.15) is 0 Å². The lowest BCUT2D eigenvalue weighted by Gasteiger charge is -2.29. The molecule has 0 aromatic heterocycles. The molecule has 1 aliphatic heterocycles. The SMILES string of the molecule is CCN(CCCO)C1CCCNCC1. The van der Waals surface area contributed by atoms with Gasteiger partial charge in [-0.3, -0.25) is 0 Å². The quantitative estimate of drug-likeness (QED) is 0.690. The summed E-state index contributed by atoms with van der Waals surface area (Å²) in [5.74, 6) is 0. The fourth-order valence-electron chi connectivity index (χ4n) is 2.24. The average Bonchev–Trinajstić information content (AvgIpc) is 2.48. The van der Waals surface area contributed by atoms with Crippen LogP contribution in [-0.4, -0.2) is 48.8 Å². The number of nitrogens with zero attached hydrogens (tertiary/aromatic N) is 1. The van der Waals surface area contributed by atoms with Crippen LogP contribution in [0.15, 0.2) is 0 Å². The van der Waals surface area contributed by atoms with E-state index >= 15 is 0 Å². The zero-order valence-corrected chi connectivity index (χ0v) is 9.34. The zero-order chi connectivity index (χ0) is 10.2. The Balaban J connectivity index is 2.32. The van der Waals surface area contributed by atoms with Gasteiger partial charge < -0.3 is 15.3 Å². The van der Waals surface area contributed by atoms with Crippen LogP contribution >= 0.6 is 0 Å². The predicted octanol–water partition coefficient (Wildman–Crippen LogP) is 0.833. The van der Waals surface area contributed by atoms with Crippen LogP contribution < -0.4 is 5.32 Å². The molecule has 0 spiro atoms. The molecule has 0 bridgehead atoms. The molecule has 0 aliphatic carbocycles. The summed E-state index contributed by atoms with van der Waals surface area (Å²) in [7, 11) is 0. The first kappa shape index (κ1) is 12.0. The predicted molar refractivity (Wildman–Crippen MR) is 59.5 cm³/mol. The summed E-state index contributed by atoms with van der Waals surface area (Å²) in [4.78, 5) is 2.52. The largest absolute Gasteiger partial charge is 0.396 e. The first-order chi connectivity index (χ1) is 6.88. The van der Waals surface area contributed by atoms with E-state index in [9.17, 15) is 0 Å². The van der Waals surface area contributed by atoms with Crippen molar-refractivity contribution in [2.45, 2.75) is 38.6 Å². The Morgan fingerprint density at radius 1 is 1.36 bits per heavy atom. The molecule has 1 saturated heterocycles. The van der Waals surface area contributed by atoms with Crippen molar-refractivity contribution in [3.05, 3.63) is 0 Å². The van der Waals surface area contributed by atoms with Crippen molar-refractivity contribution in [1.82, 2.24) is 10.2 Å². The van der Waals surface area contributed by atoms with Crippen LogP contribution in [0.4, 0.5) is 0 Å². The molecule has 2 N–H and O–H groups in total. The molecule has 84 valence electrons. The van der Waals surface area contributed by atoms with Crippen LogP contribution in [0.1, 0.15) is 32.6 Å². The molecule has 3 heteroatoms. The molecule has 0 aromatic rings. The molecule has 3 nitrogen and oxygen atoms in total. The van der Waals surface area contributed by atoms with Gasteiger partial charge in [-0.25, -0.2) is 0 Å². The van der Waals surface area contributed by atoms with Gasteiger partial charge in [0.15, 0.2) is 0 Å². The molecular formula is C11H24N2O. The Labute approximate surface area is 87.5 Å². The molecule has 0 saturated carbocycles. The Kier molecular flexibility index (Phi) is 6.15. The summed E-state index contributed by atoms with van der Waals surface area (Å²) < 4.78 is 0. The maximum absolute atomic E-state index is 8.83. The molecule has 1 rings (SSSR count). The van der Waals surface area contributed by atoms with Gasteiger partial charge in [-0.1, -0.05) is 6.92 Å². The third-order valence-electron chi connectivity index (χ3n) is 3.07. The molecular weight excluding hydrogens is 176 g/mol. The highest BCUT2D eigenvalue weighted by molar-refractivity contribution is 4.75.